The number of imide groups is 1. The van der Waals surface area contributed by atoms with Crippen LogP contribution in [0.25, 0.3) is 0 Å². The molecule has 2 aliphatic heterocycles. The Balaban J connectivity index is 1.65. The molecule has 0 spiro atoms. The van der Waals surface area contributed by atoms with Crippen molar-refractivity contribution in [3.05, 3.63) is 36.0 Å². The lowest BCUT2D eigenvalue weighted by Gasteiger charge is -2.32. The van der Waals surface area contributed by atoms with Crippen LogP contribution in [0.5, 0.6) is 0 Å². The molecule has 24 heavy (non-hydrogen) atoms. The monoisotopic (exact) mass is 329 g/mol. The minimum atomic E-state index is -0.400. The van der Waals surface area contributed by atoms with Crippen molar-refractivity contribution in [2.75, 3.05) is 36.5 Å². The number of piperidine rings is 1. The van der Waals surface area contributed by atoms with Gasteiger partial charge in [0.15, 0.2) is 0 Å². The third-order valence-corrected chi connectivity index (χ3v) is 4.50. The maximum absolute atomic E-state index is 12.1. The maximum Gasteiger partial charge on any atom is 0.277 e. The molecule has 1 saturated heterocycles. The highest BCUT2D eigenvalue weighted by atomic mass is 16.3. The van der Waals surface area contributed by atoms with Crippen LogP contribution in [0, 0.1) is 5.92 Å². The van der Waals surface area contributed by atoms with Crippen molar-refractivity contribution in [2.24, 2.45) is 5.92 Å². The van der Waals surface area contributed by atoms with Crippen LogP contribution in [0.4, 0.5) is 11.4 Å². The van der Waals surface area contributed by atoms with E-state index in [2.05, 4.69) is 17.1 Å². The summed E-state index contributed by atoms with van der Waals surface area (Å²) in [6, 6.07) is 7.91. The second-order valence-electron chi connectivity index (χ2n) is 6.44. The molecule has 6 heteroatoms. The summed E-state index contributed by atoms with van der Waals surface area (Å²) in [6.07, 6.45) is 3.77. The number of nitrogens with one attached hydrogen (secondary N) is 1. The molecule has 0 saturated carbocycles. The predicted octanol–water partition coefficient (Wildman–Crippen LogP) is 1.58. The van der Waals surface area contributed by atoms with Gasteiger partial charge in [0.1, 0.15) is 5.70 Å². The fourth-order valence-corrected chi connectivity index (χ4v) is 3.24. The molecule has 3 rings (SSSR count). The van der Waals surface area contributed by atoms with Gasteiger partial charge >= 0.3 is 0 Å². The third-order valence-electron chi connectivity index (χ3n) is 4.50. The first-order valence-electron chi connectivity index (χ1n) is 8.39. The molecule has 0 bridgehead atoms. The Morgan fingerprint density at radius 1 is 1.25 bits per heavy atom. The molecule has 0 radical (unpaired) electrons. The summed E-state index contributed by atoms with van der Waals surface area (Å²) in [7, 11) is 0. The topological polar surface area (TPSA) is 72.9 Å². The molecule has 1 fully saturated rings. The van der Waals surface area contributed by atoms with Crippen LogP contribution in [0.3, 0.4) is 0 Å². The first-order chi connectivity index (χ1) is 11.6. The predicted molar refractivity (Wildman–Crippen MR) is 92.6 cm³/mol. The number of benzene rings is 1. The number of anilines is 2. The number of hydrogen-bond donors (Lipinski definition) is 2. The second kappa shape index (κ2) is 7.05. The van der Waals surface area contributed by atoms with E-state index >= 15 is 0 Å². The lowest BCUT2D eigenvalue weighted by atomic mass is 10.00. The summed E-state index contributed by atoms with van der Waals surface area (Å²) in [6.45, 7) is 4.20. The first kappa shape index (κ1) is 16.5. The van der Waals surface area contributed by atoms with Crippen molar-refractivity contribution in [1.29, 1.82) is 0 Å². The van der Waals surface area contributed by atoms with Gasteiger partial charge in [-0.3, -0.25) is 14.5 Å². The zero-order chi connectivity index (χ0) is 17.1. The molecule has 2 N–H and O–H groups in total. The smallest absolute Gasteiger partial charge is 0.277 e. The van der Waals surface area contributed by atoms with Crippen molar-refractivity contribution >= 4 is 23.2 Å². The first-order valence-corrected chi connectivity index (χ1v) is 8.39. The minimum Gasteiger partial charge on any atom is -0.395 e. The van der Waals surface area contributed by atoms with E-state index in [9.17, 15) is 9.59 Å². The fraction of sp³-hybridized carbons (Fsp3) is 0.444. The quantitative estimate of drug-likeness (QED) is 0.803. The number of aliphatic hydroxyl groups excluding tert-OH is 1. The fourth-order valence-electron chi connectivity index (χ4n) is 3.24. The van der Waals surface area contributed by atoms with E-state index in [0.717, 1.165) is 23.7 Å². The molecule has 2 heterocycles. The molecule has 2 amide bonds. The summed E-state index contributed by atoms with van der Waals surface area (Å²) in [5.74, 6) is -0.0835. The van der Waals surface area contributed by atoms with Crippen molar-refractivity contribution in [3.8, 4) is 0 Å². The third kappa shape index (κ3) is 3.43. The Kier molecular flexibility index (Phi) is 4.85. The molecule has 0 aliphatic carbocycles. The van der Waals surface area contributed by atoms with Gasteiger partial charge in [0, 0.05) is 30.5 Å². The highest BCUT2D eigenvalue weighted by molar-refractivity contribution is 6.17. The van der Waals surface area contributed by atoms with E-state index in [4.69, 9.17) is 5.11 Å². The van der Waals surface area contributed by atoms with Gasteiger partial charge in [-0.1, -0.05) is 6.92 Å². The number of amides is 2. The molecule has 1 unspecified atom stereocenters. The van der Waals surface area contributed by atoms with Crippen LogP contribution in [0.15, 0.2) is 36.0 Å². The van der Waals surface area contributed by atoms with E-state index < -0.39 is 11.8 Å². The van der Waals surface area contributed by atoms with E-state index in [0.29, 0.717) is 5.92 Å². The summed E-state index contributed by atoms with van der Waals surface area (Å²) in [5.41, 5.74) is 2.19. The lowest BCUT2D eigenvalue weighted by Crippen LogP contribution is -2.34. The number of β-amino-alcohol motifs (C(OH)–C–C–N with tert-alkyl or cyclic N) is 1. The minimum absolute atomic E-state index is 0.0193. The molecule has 1 aromatic carbocycles. The number of carbonyl (C=O) groups excluding carboxylic acids is 2. The van der Waals surface area contributed by atoms with Gasteiger partial charge in [-0.15, -0.1) is 0 Å². The molecule has 128 valence electrons. The number of carbonyl (C=O) groups is 2. The van der Waals surface area contributed by atoms with Crippen LogP contribution in [0.1, 0.15) is 19.8 Å². The van der Waals surface area contributed by atoms with Gasteiger partial charge in [-0.2, -0.15) is 0 Å². The summed E-state index contributed by atoms with van der Waals surface area (Å²) < 4.78 is 0. The lowest BCUT2D eigenvalue weighted by molar-refractivity contribution is -0.137. The second-order valence-corrected chi connectivity index (χ2v) is 6.44. The highest BCUT2D eigenvalue weighted by Crippen LogP contribution is 2.25. The number of rotatable bonds is 5. The van der Waals surface area contributed by atoms with E-state index in [-0.39, 0.29) is 18.8 Å². The van der Waals surface area contributed by atoms with Gasteiger partial charge in [-0.25, -0.2) is 0 Å². The number of nitrogens with zero attached hydrogens (tertiary/aromatic N) is 2. The van der Waals surface area contributed by atoms with Gasteiger partial charge in [0.25, 0.3) is 11.8 Å². The Labute approximate surface area is 141 Å². The summed E-state index contributed by atoms with van der Waals surface area (Å²) in [5, 5.41) is 11.9. The molecule has 2 aliphatic rings. The van der Waals surface area contributed by atoms with Gasteiger partial charge < -0.3 is 15.3 Å². The van der Waals surface area contributed by atoms with Crippen molar-refractivity contribution in [3.63, 3.8) is 0 Å². The Hall–Kier alpha value is -2.34. The normalized spacial score (nSPS) is 21.2. The van der Waals surface area contributed by atoms with Crippen LogP contribution in [0.2, 0.25) is 0 Å². The number of hydrogen-bond acceptors (Lipinski definition) is 5. The molecule has 0 aromatic heterocycles. The Bertz CT molecular complexity index is 654. The molecular formula is C18H23N3O3. The van der Waals surface area contributed by atoms with E-state index in [1.165, 1.54) is 24.6 Å². The van der Waals surface area contributed by atoms with E-state index in [1.807, 2.05) is 24.3 Å². The largest absolute Gasteiger partial charge is 0.395 e. The number of aliphatic hydroxyl groups is 1. The average molecular weight is 329 g/mol. The molecular weight excluding hydrogens is 306 g/mol. The summed E-state index contributed by atoms with van der Waals surface area (Å²) >= 11 is 0. The van der Waals surface area contributed by atoms with E-state index in [1.54, 1.807) is 0 Å². The van der Waals surface area contributed by atoms with Gasteiger partial charge in [-0.05, 0) is 43.0 Å². The Morgan fingerprint density at radius 3 is 2.67 bits per heavy atom. The average Bonchev–Trinajstić information content (AvgIpc) is 2.83. The molecule has 1 atom stereocenters. The van der Waals surface area contributed by atoms with Crippen LogP contribution < -0.4 is 10.2 Å². The van der Waals surface area contributed by atoms with Crippen molar-refractivity contribution in [1.82, 2.24) is 4.90 Å². The van der Waals surface area contributed by atoms with Gasteiger partial charge in [0.2, 0.25) is 0 Å². The van der Waals surface area contributed by atoms with Crippen LogP contribution in [-0.2, 0) is 9.59 Å². The zero-order valence-electron chi connectivity index (χ0n) is 13.9. The van der Waals surface area contributed by atoms with Gasteiger partial charge in [0.05, 0.1) is 13.2 Å². The van der Waals surface area contributed by atoms with Crippen LogP contribution >= 0.6 is 0 Å². The van der Waals surface area contributed by atoms with Crippen molar-refractivity contribution < 1.29 is 14.7 Å². The highest BCUT2D eigenvalue weighted by Gasteiger charge is 2.30. The SMILES string of the molecule is CC1CCCN(c2ccc(NC3=CC(=O)N(CCO)C3=O)cc2)C1. The zero-order valence-corrected chi connectivity index (χ0v) is 13.9. The molecule has 1 aromatic rings. The summed E-state index contributed by atoms with van der Waals surface area (Å²) in [4.78, 5) is 27.3. The standard InChI is InChI=1S/C18H23N3O3/c1-13-3-2-8-20(12-13)15-6-4-14(5-7-15)19-16-11-17(23)21(9-10-22)18(16)24/h4-7,11,13,19,22H,2-3,8-10,12H2,1H3. The van der Waals surface area contributed by atoms with Crippen LogP contribution in [-0.4, -0.2) is 48.1 Å². The Morgan fingerprint density at radius 2 is 2.00 bits per heavy atom. The molecule has 6 nitrogen and oxygen atoms in total. The maximum atomic E-state index is 12.1. The van der Waals surface area contributed by atoms with Crippen molar-refractivity contribution in [2.45, 2.75) is 19.8 Å².